The molecule has 5 heterocycles. The lowest BCUT2D eigenvalue weighted by Crippen LogP contribution is -2.54. The van der Waals surface area contributed by atoms with Gasteiger partial charge in [0.1, 0.15) is 11.1 Å². The quantitative estimate of drug-likeness (QED) is 0.622. The maximum absolute atomic E-state index is 13.3. The van der Waals surface area contributed by atoms with Crippen molar-refractivity contribution in [1.82, 2.24) is 29.2 Å². The van der Waals surface area contributed by atoms with Crippen molar-refractivity contribution in [3.63, 3.8) is 0 Å². The molecule has 2 atom stereocenters. The summed E-state index contributed by atoms with van der Waals surface area (Å²) in [7, 11) is 0. The molecule has 0 saturated carbocycles. The molecule has 3 fully saturated rings. The van der Waals surface area contributed by atoms with Crippen molar-refractivity contribution in [2.24, 2.45) is 0 Å². The summed E-state index contributed by atoms with van der Waals surface area (Å²) in [5.74, 6) is -0.594. The molecule has 5 rings (SSSR count). The first kappa shape index (κ1) is 24.8. The van der Waals surface area contributed by atoms with E-state index in [2.05, 4.69) is 15.1 Å². The zero-order valence-electron chi connectivity index (χ0n) is 21.5. The Hall–Kier alpha value is -2.85. The van der Waals surface area contributed by atoms with Crippen molar-refractivity contribution in [2.45, 2.75) is 70.6 Å². The van der Waals surface area contributed by atoms with Gasteiger partial charge in [0.15, 0.2) is 5.75 Å². The average Bonchev–Trinajstić information content (AvgIpc) is 3.40. The predicted molar refractivity (Wildman–Crippen MR) is 136 cm³/mol. The van der Waals surface area contributed by atoms with Crippen LogP contribution in [0.4, 0.5) is 0 Å². The second-order valence-corrected chi connectivity index (χ2v) is 10.8. The Morgan fingerprint density at radius 3 is 2.36 bits per heavy atom. The molecule has 0 aromatic carbocycles. The Balaban J connectivity index is 1.22. The van der Waals surface area contributed by atoms with E-state index in [4.69, 9.17) is 0 Å². The first-order valence-electron chi connectivity index (χ1n) is 13.2. The van der Waals surface area contributed by atoms with E-state index in [1.807, 2.05) is 18.7 Å². The lowest BCUT2D eigenvalue weighted by Gasteiger charge is -2.41. The van der Waals surface area contributed by atoms with Crippen LogP contribution in [0.3, 0.4) is 0 Å². The van der Waals surface area contributed by atoms with Crippen LogP contribution in [-0.4, -0.2) is 98.2 Å². The number of rotatable bonds is 6. The molecule has 36 heavy (non-hydrogen) atoms. The zero-order chi connectivity index (χ0) is 25.6. The van der Waals surface area contributed by atoms with Crippen molar-refractivity contribution in [3.8, 4) is 5.75 Å². The monoisotopic (exact) mass is 498 g/mol. The van der Waals surface area contributed by atoms with Crippen molar-refractivity contribution in [3.05, 3.63) is 34.2 Å². The van der Waals surface area contributed by atoms with Crippen LogP contribution in [-0.2, 0) is 4.79 Å². The van der Waals surface area contributed by atoms with Gasteiger partial charge in [-0.2, -0.15) is 0 Å². The second-order valence-electron chi connectivity index (χ2n) is 10.8. The third-order valence-corrected chi connectivity index (χ3v) is 8.29. The summed E-state index contributed by atoms with van der Waals surface area (Å²) in [5.41, 5.74) is -0.198. The SMILES string of the molecule is CC(=O)N1CCN(CCN2C3CCC2CC(NC(=O)c2c(O)c4cccn4n(C(C)C)c2=O)C3)CC1. The summed E-state index contributed by atoms with van der Waals surface area (Å²) in [6, 6.07) is 4.13. The third-order valence-electron chi connectivity index (χ3n) is 8.29. The number of aromatic hydroxyl groups is 1. The molecule has 3 aliphatic rings. The van der Waals surface area contributed by atoms with Gasteiger partial charge in [-0.15, -0.1) is 0 Å². The molecule has 2 amide bonds. The van der Waals surface area contributed by atoms with Gasteiger partial charge in [0.25, 0.3) is 11.5 Å². The van der Waals surface area contributed by atoms with Crippen LogP contribution >= 0.6 is 0 Å². The Morgan fingerprint density at radius 2 is 1.75 bits per heavy atom. The molecule has 196 valence electrons. The van der Waals surface area contributed by atoms with E-state index in [0.717, 1.165) is 65.0 Å². The largest absolute Gasteiger partial charge is 0.505 e. The summed E-state index contributed by atoms with van der Waals surface area (Å²) in [6.45, 7) is 10.8. The highest BCUT2D eigenvalue weighted by atomic mass is 16.3. The summed E-state index contributed by atoms with van der Waals surface area (Å²) in [5, 5.41) is 13.9. The number of hydrogen-bond acceptors (Lipinski definition) is 6. The zero-order valence-corrected chi connectivity index (χ0v) is 21.5. The summed E-state index contributed by atoms with van der Waals surface area (Å²) < 4.78 is 3.12. The maximum atomic E-state index is 13.3. The number of nitrogens with zero attached hydrogens (tertiary/aromatic N) is 5. The van der Waals surface area contributed by atoms with Crippen LogP contribution in [0.5, 0.6) is 5.75 Å². The number of amides is 2. The van der Waals surface area contributed by atoms with E-state index < -0.39 is 11.5 Å². The fraction of sp³-hybridized carbons (Fsp3) is 0.654. The molecular formula is C26H38N6O4. The molecule has 0 aliphatic carbocycles. The highest BCUT2D eigenvalue weighted by Crippen LogP contribution is 2.36. The van der Waals surface area contributed by atoms with Gasteiger partial charge in [0, 0.05) is 76.6 Å². The number of carbonyl (C=O) groups excluding carboxylic acids is 2. The highest BCUT2D eigenvalue weighted by Gasteiger charge is 2.41. The van der Waals surface area contributed by atoms with Gasteiger partial charge in [0.05, 0.1) is 0 Å². The number of nitrogens with one attached hydrogen (secondary N) is 1. The Kier molecular flexibility index (Phi) is 6.82. The van der Waals surface area contributed by atoms with E-state index in [0.29, 0.717) is 17.6 Å². The number of hydrogen-bond donors (Lipinski definition) is 2. The van der Waals surface area contributed by atoms with Crippen molar-refractivity contribution in [1.29, 1.82) is 0 Å². The highest BCUT2D eigenvalue weighted by molar-refractivity contribution is 5.98. The van der Waals surface area contributed by atoms with Crippen LogP contribution in [0.2, 0.25) is 0 Å². The molecule has 0 spiro atoms. The fourth-order valence-corrected chi connectivity index (χ4v) is 6.44. The minimum absolute atomic E-state index is 0.0142. The number of fused-ring (bicyclic) bond motifs is 3. The summed E-state index contributed by atoms with van der Waals surface area (Å²) >= 11 is 0. The molecule has 2 N–H and O–H groups in total. The molecule has 3 saturated heterocycles. The lowest BCUT2D eigenvalue weighted by molar-refractivity contribution is -0.130. The minimum Gasteiger partial charge on any atom is -0.505 e. The summed E-state index contributed by atoms with van der Waals surface area (Å²) in [6.07, 6.45) is 5.67. The van der Waals surface area contributed by atoms with Gasteiger partial charge < -0.3 is 15.3 Å². The molecule has 2 aromatic rings. The topological polar surface area (TPSA) is 103 Å². The van der Waals surface area contributed by atoms with Crippen LogP contribution in [0.15, 0.2) is 23.1 Å². The van der Waals surface area contributed by atoms with E-state index in [1.165, 1.54) is 4.68 Å². The molecule has 0 radical (unpaired) electrons. The lowest BCUT2D eigenvalue weighted by atomic mass is 9.96. The maximum Gasteiger partial charge on any atom is 0.282 e. The van der Waals surface area contributed by atoms with Gasteiger partial charge in [-0.1, -0.05) is 0 Å². The fourth-order valence-electron chi connectivity index (χ4n) is 6.44. The van der Waals surface area contributed by atoms with Gasteiger partial charge >= 0.3 is 0 Å². The van der Waals surface area contributed by atoms with Crippen molar-refractivity contribution >= 4 is 17.3 Å². The average molecular weight is 499 g/mol. The second kappa shape index (κ2) is 9.89. The number of carbonyl (C=O) groups is 2. The molecule has 10 nitrogen and oxygen atoms in total. The van der Waals surface area contributed by atoms with Crippen LogP contribution in [0.25, 0.3) is 5.52 Å². The van der Waals surface area contributed by atoms with Crippen molar-refractivity contribution in [2.75, 3.05) is 39.3 Å². The van der Waals surface area contributed by atoms with Gasteiger partial charge in [-0.05, 0) is 51.7 Å². The van der Waals surface area contributed by atoms with E-state index >= 15 is 0 Å². The molecular weight excluding hydrogens is 460 g/mol. The van der Waals surface area contributed by atoms with Crippen molar-refractivity contribution < 1.29 is 14.7 Å². The Bertz CT molecular complexity index is 1180. The van der Waals surface area contributed by atoms with Gasteiger partial charge in [0.2, 0.25) is 5.91 Å². The normalized spacial score (nSPS) is 25.1. The van der Waals surface area contributed by atoms with Crippen LogP contribution < -0.4 is 10.9 Å². The molecule has 2 unspecified atom stereocenters. The Labute approximate surface area is 211 Å². The van der Waals surface area contributed by atoms with Crippen LogP contribution in [0.1, 0.15) is 62.9 Å². The first-order valence-corrected chi connectivity index (χ1v) is 13.2. The molecule has 3 aliphatic heterocycles. The predicted octanol–water partition coefficient (Wildman–Crippen LogP) is 1.28. The molecule has 2 aromatic heterocycles. The Morgan fingerprint density at radius 1 is 1.08 bits per heavy atom. The van der Waals surface area contributed by atoms with Gasteiger partial charge in [-0.25, -0.2) is 4.68 Å². The van der Waals surface area contributed by atoms with Gasteiger partial charge in [-0.3, -0.25) is 28.7 Å². The number of piperazine rings is 1. The summed E-state index contributed by atoms with van der Waals surface area (Å²) in [4.78, 5) is 45.0. The molecule has 2 bridgehead atoms. The third kappa shape index (κ3) is 4.52. The van der Waals surface area contributed by atoms with Crippen LogP contribution in [0, 0.1) is 0 Å². The number of aromatic nitrogens is 2. The number of piperidine rings is 1. The van der Waals surface area contributed by atoms with E-state index in [-0.39, 0.29) is 29.3 Å². The standard InChI is InChI=1S/C26H38N6O4/c1-17(2)32-26(36)23(24(34)22-5-4-8-31(22)32)25(35)27-19-15-20-6-7-21(16-19)30(20)14-11-28-9-12-29(13-10-28)18(3)33/h4-5,8,17,19-21,34H,6-7,9-16H2,1-3H3,(H,27,35). The minimum atomic E-state index is -0.489. The first-order chi connectivity index (χ1) is 17.2. The smallest absolute Gasteiger partial charge is 0.282 e. The van der Waals surface area contributed by atoms with E-state index in [9.17, 15) is 19.5 Å². The van der Waals surface area contributed by atoms with E-state index in [1.54, 1.807) is 29.8 Å². The molecule has 10 heteroatoms.